The van der Waals surface area contributed by atoms with Gasteiger partial charge < -0.3 is 15.3 Å². The minimum atomic E-state index is -4.45. The number of thiazole rings is 1. The molecule has 2 N–H and O–H groups in total. The number of anilines is 1. The second kappa shape index (κ2) is 9.41. The van der Waals surface area contributed by atoms with Gasteiger partial charge in [0.2, 0.25) is 0 Å². The van der Waals surface area contributed by atoms with E-state index in [9.17, 15) is 32.3 Å². The topological polar surface area (TPSA) is 82.5 Å². The molecule has 0 aliphatic carbocycles. The van der Waals surface area contributed by atoms with Gasteiger partial charge in [-0.1, -0.05) is 0 Å². The molecule has 11 heteroatoms. The van der Waals surface area contributed by atoms with Gasteiger partial charge in [0.1, 0.15) is 10.7 Å². The molecule has 1 aliphatic rings. The molecule has 0 atom stereocenters. The molecule has 3 aromatic rings. The van der Waals surface area contributed by atoms with Crippen LogP contribution in [0, 0.1) is 5.82 Å². The molecule has 34 heavy (non-hydrogen) atoms. The highest BCUT2D eigenvalue weighted by Gasteiger charge is 2.31. The highest BCUT2D eigenvalue weighted by molar-refractivity contribution is 7.14. The number of nitrogens with zero attached hydrogens (tertiary/aromatic N) is 2. The van der Waals surface area contributed by atoms with E-state index in [1.807, 2.05) is 0 Å². The molecular formula is C23H19F4N3O3S. The Kier molecular flexibility index (Phi) is 6.56. The molecule has 6 nitrogen and oxygen atoms in total. The number of hydrogen-bond donors (Lipinski definition) is 2. The summed E-state index contributed by atoms with van der Waals surface area (Å²) in [4.78, 5) is 30.4. The van der Waals surface area contributed by atoms with Gasteiger partial charge in [0.25, 0.3) is 0 Å². The lowest BCUT2D eigenvalue weighted by Gasteiger charge is -2.31. The average molecular weight is 493 g/mol. The summed E-state index contributed by atoms with van der Waals surface area (Å²) in [7, 11) is 0. The molecule has 0 bridgehead atoms. The number of aromatic carboxylic acids is 1. The largest absolute Gasteiger partial charge is 0.477 e. The minimum absolute atomic E-state index is 0.0487. The number of carboxylic acid groups (broad SMARTS) is 1. The number of alkyl halides is 3. The second-order valence-electron chi connectivity index (χ2n) is 7.81. The molecule has 2 amide bonds. The zero-order valence-electron chi connectivity index (χ0n) is 17.6. The van der Waals surface area contributed by atoms with Gasteiger partial charge in [0.05, 0.1) is 16.3 Å². The number of likely N-dealkylation sites (tertiary alicyclic amines) is 1. The maximum Gasteiger partial charge on any atom is 0.416 e. The van der Waals surface area contributed by atoms with Crippen LogP contribution in [-0.2, 0) is 6.18 Å². The number of carboxylic acids is 1. The van der Waals surface area contributed by atoms with Crippen molar-refractivity contribution in [1.82, 2.24) is 9.88 Å². The molecular weight excluding hydrogens is 474 g/mol. The van der Waals surface area contributed by atoms with Crippen LogP contribution in [0.15, 0.2) is 48.5 Å². The van der Waals surface area contributed by atoms with Crippen LogP contribution in [0.3, 0.4) is 0 Å². The zero-order valence-corrected chi connectivity index (χ0v) is 18.4. The molecule has 1 aromatic heterocycles. The number of carbonyl (C=O) groups excluding carboxylic acids is 1. The summed E-state index contributed by atoms with van der Waals surface area (Å²) in [6.07, 6.45) is -3.34. The van der Waals surface area contributed by atoms with Gasteiger partial charge >= 0.3 is 18.2 Å². The Hall–Kier alpha value is -3.47. The van der Waals surface area contributed by atoms with E-state index in [2.05, 4.69) is 10.3 Å². The van der Waals surface area contributed by atoms with Gasteiger partial charge in [-0.3, -0.25) is 0 Å². The fourth-order valence-electron chi connectivity index (χ4n) is 3.73. The van der Waals surface area contributed by atoms with E-state index in [4.69, 9.17) is 0 Å². The summed E-state index contributed by atoms with van der Waals surface area (Å²) in [5.74, 6) is -1.60. The maximum atomic E-state index is 13.2. The van der Waals surface area contributed by atoms with E-state index in [1.165, 1.54) is 36.4 Å². The SMILES string of the molecule is O=C(O)c1sc(C2CCN(C(=O)Nc3ccc(C(F)(F)F)cc3)CC2)nc1-c1ccc(F)cc1. The van der Waals surface area contributed by atoms with Crippen LogP contribution < -0.4 is 5.32 Å². The summed E-state index contributed by atoms with van der Waals surface area (Å²) in [6.45, 7) is 0.760. The molecule has 2 aromatic carbocycles. The lowest BCUT2D eigenvalue weighted by atomic mass is 9.97. The Morgan fingerprint density at radius 3 is 2.21 bits per heavy atom. The fourth-order valence-corrected chi connectivity index (χ4v) is 4.83. The summed E-state index contributed by atoms with van der Waals surface area (Å²) in [5.41, 5.74) is 0.259. The van der Waals surface area contributed by atoms with Crippen molar-refractivity contribution in [1.29, 1.82) is 0 Å². The summed E-state index contributed by atoms with van der Waals surface area (Å²) < 4.78 is 51.3. The molecule has 0 unspecified atom stereocenters. The first-order valence-corrected chi connectivity index (χ1v) is 11.2. The van der Waals surface area contributed by atoms with Crippen molar-refractivity contribution in [2.45, 2.75) is 24.9 Å². The number of urea groups is 1. The van der Waals surface area contributed by atoms with Crippen molar-refractivity contribution in [2.24, 2.45) is 0 Å². The first kappa shape index (κ1) is 23.7. The number of rotatable bonds is 4. The average Bonchev–Trinajstić information content (AvgIpc) is 3.25. The first-order valence-electron chi connectivity index (χ1n) is 10.3. The number of piperidine rings is 1. The standard InChI is InChI=1S/C23H19F4N3O3S/c24-16-5-1-13(2-6-16)18-19(21(31)32)34-20(29-18)14-9-11-30(12-10-14)22(33)28-17-7-3-15(4-8-17)23(25,26)27/h1-8,14H,9-12H2,(H,28,33)(H,31,32). The lowest BCUT2D eigenvalue weighted by molar-refractivity contribution is -0.137. The Labute approximate surface area is 195 Å². The Morgan fingerprint density at radius 2 is 1.65 bits per heavy atom. The van der Waals surface area contributed by atoms with Crippen LogP contribution in [0.2, 0.25) is 0 Å². The monoisotopic (exact) mass is 493 g/mol. The third-order valence-corrected chi connectivity index (χ3v) is 6.76. The molecule has 4 rings (SSSR count). The third kappa shape index (κ3) is 5.19. The van der Waals surface area contributed by atoms with Gasteiger partial charge in [-0.25, -0.2) is 19.0 Å². The number of aromatic nitrogens is 1. The highest BCUT2D eigenvalue weighted by Crippen LogP contribution is 2.36. The van der Waals surface area contributed by atoms with Crippen LogP contribution in [-0.4, -0.2) is 40.1 Å². The van der Waals surface area contributed by atoms with E-state index >= 15 is 0 Å². The summed E-state index contributed by atoms with van der Waals surface area (Å²) in [6, 6.07) is 9.24. The van der Waals surface area contributed by atoms with E-state index < -0.39 is 29.6 Å². The number of amides is 2. The quantitative estimate of drug-likeness (QED) is 0.432. The molecule has 1 aliphatic heterocycles. The molecule has 0 saturated carbocycles. The Bertz CT molecular complexity index is 1190. The van der Waals surface area contributed by atoms with Gasteiger partial charge in [-0.2, -0.15) is 13.2 Å². The molecule has 1 saturated heterocycles. The van der Waals surface area contributed by atoms with Crippen LogP contribution >= 0.6 is 11.3 Å². The van der Waals surface area contributed by atoms with Crippen molar-refractivity contribution >= 4 is 29.0 Å². The summed E-state index contributed by atoms with van der Waals surface area (Å²) in [5, 5.41) is 12.8. The van der Waals surface area contributed by atoms with Crippen LogP contribution in [0.1, 0.15) is 39.0 Å². The Morgan fingerprint density at radius 1 is 1.03 bits per heavy atom. The van der Waals surface area contributed by atoms with Crippen molar-refractivity contribution in [3.8, 4) is 11.3 Å². The molecule has 0 radical (unpaired) electrons. The Balaban J connectivity index is 1.40. The first-order chi connectivity index (χ1) is 16.1. The fraction of sp³-hybridized carbons (Fsp3) is 0.261. The van der Waals surface area contributed by atoms with Crippen molar-refractivity contribution in [3.05, 3.63) is 69.8 Å². The number of benzene rings is 2. The molecule has 0 spiro atoms. The van der Waals surface area contributed by atoms with E-state index in [1.54, 1.807) is 4.90 Å². The van der Waals surface area contributed by atoms with Crippen molar-refractivity contribution in [2.75, 3.05) is 18.4 Å². The maximum absolute atomic E-state index is 13.2. The van der Waals surface area contributed by atoms with Gasteiger partial charge in [-0.15, -0.1) is 11.3 Å². The second-order valence-corrected chi connectivity index (χ2v) is 8.84. The van der Waals surface area contributed by atoms with Crippen LogP contribution in [0.25, 0.3) is 11.3 Å². The van der Waals surface area contributed by atoms with E-state index in [-0.39, 0.29) is 22.2 Å². The van der Waals surface area contributed by atoms with Gasteiger partial charge in [-0.05, 0) is 61.4 Å². The summed E-state index contributed by atoms with van der Waals surface area (Å²) >= 11 is 1.07. The molecule has 2 heterocycles. The number of hydrogen-bond acceptors (Lipinski definition) is 4. The zero-order chi connectivity index (χ0) is 24.5. The number of halogens is 4. The van der Waals surface area contributed by atoms with E-state index in [0.29, 0.717) is 36.5 Å². The number of nitrogens with one attached hydrogen (secondary N) is 1. The minimum Gasteiger partial charge on any atom is -0.477 e. The molecule has 178 valence electrons. The van der Waals surface area contributed by atoms with E-state index in [0.717, 1.165) is 23.5 Å². The predicted molar refractivity (Wildman–Crippen MR) is 118 cm³/mol. The normalized spacial score (nSPS) is 14.8. The van der Waals surface area contributed by atoms with Crippen molar-refractivity contribution in [3.63, 3.8) is 0 Å². The molecule has 1 fully saturated rings. The van der Waals surface area contributed by atoms with Gasteiger partial charge in [0, 0.05) is 30.3 Å². The third-order valence-electron chi connectivity index (χ3n) is 5.55. The highest BCUT2D eigenvalue weighted by atomic mass is 32.1. The van der Waals surface area contributed by atoms with Crippen LogP contribution in [0.4, 0.5) is 28.0 Å². The smallest absolute Gasteiger partial charge is 0.416 e. The van der Waals surface area contributed by atoms with Crippen molar-refractivity contribution < 1.29 is 32.3 Å². The van der Waals surface area contributed by atoms with Crippen LogP contribution in [0.5, 0.6) is 0 Å². The number of carbonyl (C=O) groups is 2. The van der Waals surface area contributed by atoms with Gasteiger partial charge in [0.15, 0.2) is 0 Å². The lowest BCUT2D eigenvalue weighted by Crippen LogP contribution is -2.40. The predicted octanol–water partition coefficient (Wildman–Crippen LogP) is 6.08.